The summed E-state index contributed by atoms with van der Waals surface area (Å²) in [5, 5.41) is 3.32. The molecule has 1 saturated heterocycles. The smallest absolute Gasteiger partial charge is 0.253 e. The summed E-state index contributed by atoms with van der Waals surface area (Å²) in [5.41, 5.74) is 1.25. The van der Waals surface area contributed by atoms with Crippen molar-refractivity contribution in [2.75, 3.05) is 13.1 Å². The molecule has 1 aliphatic heterocycles. The average Bonchev–Trinajstić information content (AvgIpc) is 3.38. The molecule has 1 atom stereocenters. The van der Waals surface area contributed by atoms with Gasteiger partial charge in [0.15, 0.2) is 0 Å². The zero-order valence-corrected chi connectivity index (χ0v) is 17.0. The second-order valence-corrected chi connectivity index (χ2v) is 9.80. The molecule has 2 aromatic rings. The first-order valence-electron chi connectivity index (χ1n) is 9.62. The molecule has 1 N–H and O–H groups in total. The zero-order valence-electron chi connectivity index (χ0n) is 15.5. The largest absolute Gasteiger partial charge is 0.345 e. The van der Waals surface area contributed by atoms with Crippen molar-refractivity contribution in [3.05, 3.63) is 64.7 Å². The van der Waals surface area contributed by atoms with Gasteiger partial charge >= 0.3 is 0 Å². The van der Waals surface area contributed by atoms with Gasteiger partial charge in [0.1, 0.15) is 0 Å². The first-order valence-corrected chi connectivity index (χ1v) is 11.4. The molecule has 0 spiro atoms. The first-order chi connectivity index (χ1) is 13.5. The normalized spacial score (nSPS) is 18.8. The van der Waals surface area contributed by atoms with Crippen LogP contribution in [0, 0.1) is 5.92 Å². The molecular formula is C21H23ClN2O3S. The van der Waals surface area contributed by atoms with Crippen molar-refractivity contribution in [1.82, 2.24) is 9.62 Å². The van der Waals surface area contributed by atoms with E-state index >= 15 is 0 Å². The highest BCUT2D eigenvalue weighted by Crippen LogP contribution is 2.41. The average molecular weight is 419 g/mol. The predicted octanol–water partition coefficient (Wildman–Crippen LogP) is 4.01. The number of amides is 1. The molecule has 0 radical (unpaired) electrons. The Morgan fingerprint density at radius 3 is 2.39 bits per heavy atom. The molecule has 148 valence electrons. The van der Waals surface area contributed by atoms with E-state index in [0.29, 0.717) is 19.0 Å². The minimum absolute atomic E-state index is 0.0939. The van der Waals surface area contributed by atoms with Gasteiger partial charge in [-0.15, -0.1) is 0 Å². The van der Waals surface area contributed by atoms with Crippen molar-refractivity contribution in [2.45, 2.75) is 36.6 Å². The highest BCUT2D eigenvalue weighted by Gasteiger charge is 2.34. The Balaban J connectivity index is 1.60. The van der Waals surface area contributed by atoms with Crippen molar-refractivity contribution in [3.63, 3.8) is 0 Å². The summed E-state index contributed by atoms with van der Waals surface area (Å²) in [6.45, 7) is 1.04. The molecule has 1 heterocycles. The molecule has 1 aliphatic carbocycles. The van der Waals surface area contributed by atoms with Crippen LogP contribution in [0.5, 0.6) is 0 Å². The number of sulfonamides is 1. The van der Waals surface area contributed by atoms with Gasteiger partial charge in [-0.3, -0.25) is 4.79 Å². The first kappa shape index (κ1) is 19.4. The molecular weight excluding hydrogens is 396 g/mol. The monoisotopic (exact) mass is 418 g/mol. The molecule has 0 aromatic heterocycles. The van der Waals surface area contributed by atoms with Crippen LogP contribution in [0.4, 0.5) is 0 Å². The summed E-state index contributed by atoms with van der Waals surface area (Å²) in [5.74, 6) is 0.0610. The molecule has 1 unspecified atom stereocenters. The SMILES string of the molecule is O=C(NC(c1ccccc1)C1CC1)c1cc(S(=O)(=O)N2CCCC2)ccc1Cl. The van der Waals surface area contributed by atoms with Gasteiger partial charge in [0.05, 0.1) is 21.5 Å². The van der Waals surface area contributed by atoms with Crippen molar-refractivity contribution in [3.8, 4) is 0 Å². The summed E-state index contributed by atoms with van der Waals surface area (Å²) in [6.07, 6.45) is 3.86. The van der Waals surface area contributed by atoms with Gasteiger partial charge < -0.3 is 5.32 Å². The Morgan fingerprint density at radius 1 is 1.07 bits per heavy atom. The summed E-state index contributed by atoms with van der Waals surface area (Å²) in [6, 6.07) is 14.1. The zero-order chi connectivity index (χ0) is 19.7. The van der Waals surface area contributed by atoms with E-state index in [-0.39, 0.29) is 27.4 Å². The van der Waals surface area contributed by atoms with E-state index in [1.165, 1.54) is 22.5 Å². The van der Waals surface area contributed by atoms with Crippen molar-refractivity contribution in [2.24, 2.45) is 5.92 Å². The van der Waals surface area contributed by atoms with Gasteiger partial charge in [0.2, 0.25) is 10.0 Å². The van der Waals surface area contributed by atoms with Crippen LogP contribution in [0.2, 0.25) is 5.02 Å². The number of carbonyl (C=O) groups excluding carboxylic acids is 1. The lowest BCUT2D eigenvalue weighted by atomic mass is 10.0. The van der Waals surface area contributed by atoms with Crippen LogP contribution >= 0.6 is 11.6 Å². The van der Waals surface area contributed by atoms with E-state index in [1.54, 1.807) is 0 Å². The van der Waals surface area contributed by atoms with Crippen LogP contribution in [-0.4, -0.2) is 31.7 Å². The summed E-state index contributed by atoms with van der Waals surface area (Å²) in [4.78, 5) is 13.1. The Morgan fingerprint density at radius 2 is 1.75 bits per heavy atom. The molecule has 5 nitrogen and oxygen atoms in total. The van der Waals surface area contributed by atoms with E-state index < -0.39 is 10.0 Å². The van der Waals surface area contributed by atoms with Crippen LogP contribution in [0.15, 0.2) is 53.4 Å². The Bertz CT molecular complexity index is 968. The molecule has 0 bridgehead atoms. The molecule has 1 saturated carbocycles. The molecule has 2 fully saturated rings. The van der Waals surface area contributed by atoms with Crippen molar-refractivity contribution >= 4 is 27.5 Å². The molecule has 1 amide bonds. The van der Waals surface area contributed by atoms with Crippen molar-refractivity contribution in [1.29, 1.82) is 0 Å². The number of nitrogens with zero attached hydrogens (tertiary/aromatic N) is 1. The summed E-state index contributed by atoms with van der Waals surface area (Å²) in [7, 11) is -3.60. The lowest BCUT2D eigenvalue weighted by Crippen LogP contribution is -2.31. The molecule has 2 aromatic carbocycles. The highest BCUT2D eigenvalue weighted by molar-refractivity contribution is 7.89. The number of hydrogen-bond donors (Lipinski definition) is 1. The fraction of sp³-hybridized carbons (Fsp3) is 0.381. The minimum Gasteiger partial charge on any atom is -0.345 e. The lowest BCUT2D eigenvalue weighted by molar-refractivity contribution is 0.0931. The number of benzene rings is 2. The number of hydrogen-bond acceptors (Lipinski definition) is 3. The van der Waals surface area contributed by atoms with Gasteiger partial charge in [0, 0.05) is 13.1 Å². The standard InChI is InChI=1S/C21H23ClN2O3S/c22-19-11-10-17(28(26,27)24-12-4-5-13-24)14-18(19)21(25)23-20(16-8-9-16)15-6-2-1-3-7-15/h1-3,6-7,10-11,14,16,20H,4-5,8-9,12-13H2,(H,23,25). The van der Waals surface area contributed by atoms with E-state index in [1.807, 2.05) is 30.3 Å². The minimum atomic E-state index is -3.60. The van der Waals surface area contributed by atoms with Gasteiger partial charge in [0.25, 0.3) is 5.91 Å². The Kier molecular flexibility index (Phi) is 5.45. The molecule has 4 rings (SSSR count). The Labute approximate surface area is 170 Å². The quantitative estimate of drug-likeness (QED) is 0.770. The van der Waals surface area contributed by atoms with Crippen LogP contribution < -0.4 is 5.32 Å². The van der Waals surface area contributed by atoms with Crippen molar-refractivity contribution < 1.29 is 13.2 Å². The van der Waals surface area contributed by atoms with Gasteiger partial charge in [-0.05, 0) is 55.4 Å². The maximum absolute atomic E-state index is 13.0. The fourth-order valence-electron chi connectivity index (χ4n) is 3.70. The lowest BCUT2D eigenvalue weighted by Gasteiger charge is -2.20. The second kappa shape index (κ2) is 7.85. The third-order valence-electron chi connectivity index (χ3n) is 5.42. The van der Waals surface area contributed by atoms with E-state index in [4.69, 9.17) is 11.6 Å². The van der Waals surface area contributed by atoms with Gasteiger partial charge in [-0.25, -0.2) is 8.42 Å². The third-order valence-corrected chi connectivity index (χ3v) is 7.65. The third kappa shape index (κ3) is 3.95. The number of halogens is 1. The summed E-state index contributed by atoms with van der Waals surface area (Å²) >= 11 is 6.26. The van der Waals surface area contributed by atoms with E-state index in [0.717, 1.165) is 31.2 Å². The maximum atomic E-state index is 13.0. The topological polar surface area (TPSA) is 66.5 Å². The number of carbonyl (C=O) groups is 1. The van der Waals surface area contributed by atoms with Gasteiger partial charge in [-0.2, -0.15) is 4.31 Å². The molecule has 28 heavy (non-hydrogen) atoms. The fourth-order valence-corrected chi connectivity index (χ4v) is 5.45. The predicted molar refractivity (Wildman–Crippen MR) is 109 cm³/mol. The van der Waals surface area contributed by atoms with Crippen LogP contribution in [0.3, 0.4) is 0 Å². The van der Waals surface area contributed by atoms with E-state index in [2.05, 4.69) is 5.32 Å². The van der Waals surface area contributed by atoms with E-state index in [9.17, 15) is 13.2 Å². The van der Waals surface area contributed by atoms with Crippen LogP contribution in [0.25, 0.3) is 0 Å². The maximum Gasteiger partial charge on any atom is 0.253 e. The molecule has 2 aliphatic rings. The van der Waals surface area contributed by atoms with Crippen LogP contribution in [-0.2, 0) is 10.0 Å². The molecule has 7 heteroatoms. The van der Waals surface area contributed by atoms with Crippen LogP contribution in [0.1, 0.15) is 47.6 Å². The number of nitrogens with one attached hydrogen (secondary N) is 1. The van der Waals surface area contributed by atoms with Gasteiger partial charge in [-0.1, -0.05) is 41.9 Å². The highest BCUT2D eigenvalue weighted by atomic mass is 35.5. The summed E-state index contributed by atoms with van der Waals surface area (Å²) < 4.78 is 27.1. The Hall–Kier alpha value is -1.89. The second-order valence-electron chi connectivity index (χ2n) is 7.45. The number of rotatable bonds is 6.